The first-order chi connectivity index (χ1) is 11.8. The smallest absolute Gasteiger partial charge is 0.306 e. The molecular weight excluding hydrogens is 346 g/mol. The van der Waals surface area contributed by atoms with Crippen LogP contribution in [-0.4, -0.2) is 52.4 Å². The zero-order valence-electron chi connectivity index (χ0n) is 14.2. The molecule has 1 aromatic rings. The van der Waals surface area contributed by atoms with Crippen LogP contribution in [0.3, 0.4) is 0 Å². The van der Waals surface area contributed by atoms with E-state index in [0.717, 1.165) is 5.56 Å². The molecule has 0 bridgehead atoms. The minimum absolute atomic E-state index is 0.0767. The van der Waals surface area contributed by atoms with Crippen LogP contribution >= 0.6 is 0 Å². The fourth-order valence-corrected chi connectivity index (χ4v) is 2.60. The van der Waals surface area contributed by atoms with Crippen LogP contribution < -0.4 is 4.72 Å². The van der Waals surface area contributed by atoms with Crippen molar-refractivity contribution < 1.29 is 22.7 Å². The van der Waals surface area contributed by atoms with E-state index in [-0.39, 0.29) is 36.8 Å². The van der Waals surface area contributed by atoms with Gasteiger partial charge in [0, 0.05) is 20.0 Å². The number of hydrogen-bond donors (Lipinski definition) is 1. The molecule has 0 aliphatic heterocycles. The third-order valence-corrected chi connectivity index (χ3v) is 4.89. The van der Waals surface area contributed by atoms with Crippen LogP contribution in [0.15, 0.2) is 29.2 Å². The fourth-order valence-electron chi connectivity index (χ4n) is 1.87. The topological polar surface area (TPSA) is 117 Å². The molecule has 8 nitrogen and oxygen atoms in total. The lowest BCUT2D eigenvalue weighted by Gasteiger charge is -2.15. The Labute approximate surface area is 147 Å². The molecular formula is C16H21N3O5S. The molecule has 25 heavy (non-hydrogen) atoms. The van der Waals surface area contributed by atoms with Crippen molar-refractivity contribution in [3.8, 4) is 6.07 Å². The predicted octanol–water partition coefficient (Wildman–Crippen LogP) is 0.443. The summed E-state index contributed by atoms with van der Waals surface area (Å²) in [5.74, 6) is -0.890. The molecule has 0 radical (unpaired) electrons. The second-order valence-electron chi connectivity index (χ2n) is 5.24. The molecule has 0 aliphatic rings. The molecule has 136 valence electrons. The van der Waals surface area contributed by atoms with Crippen LogP contribution in [0, 0.1) is 11.3 Å². The highest BCUT2D eigenvalue weighted by Crippen LogP contribution is 2.11. The monoisotopic (exact) mass is 367 g/mol. The number of sulfonamides is 1. The van der Waals surface area contributed by atoms with E-state index in [4.69, 9.17) is 10.00 Å². The summed E-state index contributed by atoms with van der Waals surface area (Å²) in [6.07, 6.45) is 0.667. The van der Waals surface area contributed by atoms with E-state index in [0.29, 0.717) is 6.42 Å². The fraction of sp³-hybridized carbons (Fsp3) is 0.438. The Kier molecular flexibility index (Phi) is 8.04. The molecule has 1 aromatic carbocycles. The maximum absolute atomic E-state index is 11.7. The highest BCUT2D eigenvalue weighted by Gasteiger charge is 2.13. The molecule has 0 aromatic heterocycles. The summed E-state index contributed by atoms with van der Waals surface area (Å²) in [5.41, 5.74) is 0.782. The van der Waals surface area contributed by atoms with Gasteiger partial charge in [-0.3, -0.25) is 9.59 Å². The number of esters is 1. The summed E-state index contributed by atoms with van der Waals surface area (Å²) in [6.45, 7) is -0.0745. The Balaban J connectivity index is 2.42. The zero-order chi connectivity index (χ0) is 18.9. The largest absolute Gasteiger partial charge is 0.456 e. The molecule has 0 spiro atoms. The van der Waals surface area contributed by atoms with Gasteiger partial charge in [0.15, 0.2) is 6.61 Å². The number of rotatable bonds is 9. The van der Waals surface area contributed by atoms with Crippen LogP contribution in [0.2, 0.25) is 0 Å². The molecule has 0 saturated carbocycles. The van der Waals surface area contributed by atoms with Crippen LogP contribution in [0.1, 0.15) is 18.4 Å². The van der Waals surface area contributed by atoms with E-state index in [1.807, 2.05) is 6.07 Å². The van der Waals surface area contributed by atoms with Crippen molar-refractivity contribution in [2.24, 2.45) is 0 Å². The Morgan fingerprint density at radius 1 is 1.28 bits per heavy atom. The number of nitrogens with one attached hydrogen (secondary N) is 1. The summed E-state index contributed by atoms with van der Waals surface area (Å²) < 4.78 is 30.3. The number of hydrogen-bond acceptors (Lipinski definition) is 6. The number of carbonyl (C=O) groups is 2. The first-order valence-electron chi connectivity index (χ1n) is 7.59. The lowest BCUT2D eigenvalue weighted by atomic mass is 10.1. The van der Waals surface area contributed by atoms with E-state index in [9.17, 15) is 18.0 Å². The third-order valence-electron chi connectivity index (χ3n) is 3.46. The van der Waals surface area contributed by atoms with Gasteiger partial charge in [-0.15, -0.1) is 0 Å². The van der Waals surface area contributed by atoms with Gasteiger partial charge >= 0.3 is 5.97 Å². The summed E-state index contributed by atoms with van der Waals surface area (Å²) in [4.78, 5) is 24.8. The minimum Gasteiger partial charge on any atom is -0.456 e. The molecule has 1 amide bonds. The molecule has 0 saturated heterocycles. The number of likely N-dealkylation sites (N-methyl/N-ethyl adjacent to an activating group) is 1. The maximum atomic E-state index is 11.7. The van der Waals surface area contributed by atoms with Crippen molar-refractivity contribution in [2.45, 2.75) is 24.2 Å². The molecule has 0 atom stereocenters. The number of carbonyl (C=O) groups excluding carboxylic acids is 2. The summed E-state index contributed by atoms with van der Waals surface area (Å²) in [5, 5.41) is 8.46. The van der Waals surface area contributed by atoms with Crippen molar-refractivity contribution in [2.75, 3.05) is 27.2 Å². The van der Waals surface area contributed by atoms with E-state index < -0.39 is 16.0 Å². The highest BCUT2D eigenvalue weighted by molar-refractivity contribution is 7.89. The summed E-state index contributed by atoms with van der Waals surface area (Å²) in [7, 11) is -0.616. The van der Waals surface area contributed by atoms with Crippen molar-refractivity contribution in [3.05, 3.63) is 29.8 Å². The Morgan fingerprint density at radius 3 is 2.48 bits per heavy atom. The number of aryl methyl sites for hydroxylation is 1. The number of amides is 1. The molecule has 0 aliphatic carbocycles. The van der Waals surface area contributed by atoms with Gasteiger partial charge in [-0.2, -0.15) is 5.26 Å². The molecule has 9 heteroatoms. The number of benzene rings is 1. The first kappa shape index (κ1) is 20.6. The molecule has 0 heterocycles. The van der Waals surface area contributed by atoms with Gasteiger partial charge in [0.1, 0.15) is 0 Å². The number of nitrogens with zero attached hydrogens (tertiary/aromatic N) is 2. The Morgan fingerprint density at radius 2 is 1.92 bits per heavy atom. The van der Waals surface area contributed by atoms with Gasteiger partial charge in [0.25, 0.3) is 5.91 Å². The Bertz CT molecular complexity index is 738. The van der Waals surface area contributed by atoms with E-state index in [2.05, 4.69) is 4.72 Å². The lowest BCUT2D eigenvalue weighted by molar-refractivity contribution is -0.151. The first-order valence-corrected chi connectivity index (χ1v) is 9.07. The van der Waals surface area contributed by atoms with Crippen LogP contribution in [0.4, 0.5) is 0 Å². The maximum Gasteiger partial charge on any atom is 0.306 e. The van der Waals surface area contributed by atoms with Gasteiger partial charge in [-0.05, 0) is 31.2 Å². The van der Waals surface area contributed by atoms with Crippen molar-refractivity contribution in [1.29, 1.82) is 5.26 Å². The average molecular weight is 367 g/mol. The summed E-state index contributed by atoms with van der Waals surface area (Å²) >= 11 is 0. The summed E-state index contributed by atoms with van der Waals surface area (Å²) in [6, 6.07) is 8.09. The van der Waals surface area contributed by atoms with E-state index in [1.54, 1.807) is 12.1 Å². The minimum atomic E-state index is -3.48. The lowest BCUT2D eigenvalue weighted by Crippen LogP contribution is -2.31. The highest BCUT2D eigenvalue weighted by atomic mass is 32.2. The molecule has 1 N–H and O–H groups in total. The van der Waals surface area contributed by atoms with Gasteiger partial charge in [-0.1, -0.05) is 12.1 Å². The number of ether oxygens (including phenoxy) is 1. The molecule has 1 rings (SSSR count). The van der Waals surface area contributed by atoms with Gasteiger partial charge in [0.05, 0.1) is 17.4 Å². The van der Waals surface area contributed by atoms with Crippen LogP contribution in [0.5, 0.6) is 0 Å². The number of nitriles is 1. The third kappa shape index (κ3) is 6.91. The quantitative estimate of drug-likeness (QED) is 0.633. The zero-order valence-corrected chi connectivity index (χ0v) is 15.0. The van der Waals surface area contributed by atoms with Crippen molar-refractivity contribution >= 4 is 21.9 Å². The molecule has 0 fully saturated rings. The van der Waals surface area contributed by atoms with Gasteiger partial charge < -0.3 is 9.64 Å². The molecule has 0 unspecified atom stereocenters. The van der Waals surface area contributed by atoms with Crippen molar-refractivity contribution in [3.63, 3.8) is 0 Å². The van der Waals surface area contributed by atoms with Crippen molar-refractivity contribution in [1.82, 2.24) is 9.62 Å². The van der Waals surface area contributed by atoms with E-state index in [1.165, 1.54) is 31.1 Å². The Hall–Kier alpha value is -2.44. The predicted molar refractivity (Wildman–Crippen MR) is 89.8 cm³/mol. The van der Waals surface area contributed by atoms with Crippen LogP contribution in [0.25, 0.3) is 0 Å². The normalized spacial score (nSPS) is 10.8. The van der Waals surface area contributed by atoms with Crippen LogP contribution in [-0.2, 0) is 30.8 Å². The second kappa shape index (κ2) is 9.76. The second-order valence-corrected chi connectivity index (χ2v) is 7.12. The SMILES string of the molecule is CNS(=O)(=O)c1ccc(CCC(=O)OCC(=O)N(C)CCC#N)cc1. The van der Waals surface area contributed by atoms with E-state index >= 15 is 0 Å². The van der Waals surface area contributed by atoms with Gasteiger partial charge in [0.2, 0.25) is 10.0 Å². The standard InChI is InChI=1S/C16H21N3O5S/c1-18-25(22,23)14-7-4-13(5-8-14)6-9-16(21)24-12-15(20)19(2)11-3-10-17/h4-5,7-8,18H,3,6,9,11-12H2,1-2H3. The average Bonchev–Trinajstić information content (AvgIpc) is 2.62. The van der Waals surface area contributed by atoms with Gasteiger partial charge in [-0.25, -0.2) is 13.1 Å².